The molecule has 0 unspecified atom stereocenters. The molecular formula is C12H10ClN3O. The average molecular weight is 248 g/mol. The Morgan fingerprint density at radius 1 is 1.53 bits per heavy atom. The van der Waals surface area contributed by atoms with E-state index in [0.29, 0.717) is 22.2 Å². The van der Waals surface area contributed by atoms with Crippen molar-refractivity contribution in [2.24, 2.45) is 0 Å². The predicted molar refractivity (Wildman–Crippen MR) is 64.2 cm³/mol. The topological polar surface area (TPSA) is 61.7 Å². The van der Waals surface area contributed by atoms with Crippen LogP contribution in [0.4, 0.5) is 0 Å². The van der Waals surface area contributed by atoms with E-state index >= 15 is 0 Å². The summed E-state index contributed by atoms with van der Waals surface area (Å²) in [6, 6.07) is 9.13. The van der Waals surface area contributed by atoms with Crippen LogP contribution in [0.15, 0.2) is 24.3 Å². The van der Waals surface area contributed by atoms with Gasteiger partial charge in [0.15, 0.2) is 5.75 Å². The summed E-state index contributed by atoms with van der Waals surface area (Å²) in [6.07, 6.45) is 0.209. The van der Waals surface area contributed by atoms with Crippen molar-refractivity contribution in [3.8, 4) is 17.6 Å². The van der Waals surface area contributed by atoms with Crippen LogP contribution in [-0.4, -0.2) is 10.2 Å². The molecule has 1 N–H and O–H groups in total. The maximum Gasteiger partial charge on any atom is 0.172 e. The molecule has 0 spiro atoms. The van der Waals surface area contributed by atoms with Gasteiger partial charge in [-0.2, -0.15) is 10.4 Å². The Bertz CT molecular complexity index is 571. The van der Waals surface area contributed by atoms with E-state index in [1.807, 2.05) is 13.0 Å². The monoisotopic (exact) mass is 247 g/mol. The first-order valence-corrected chi connectivity index (χ1v) is 5.42. The molecule has 2 aromatic rings. The van der Waals surface area contributed by atoms with Gasteiger partial charge in [-0.3, -0.25) is 5.10 Å². The van der Waals surface area contributed by atoms with Gasteiger partial charge in [-0.1, -0.05) is 17.7 Å². The highest BCUT2D eigenvalue weighted by Gasteiger charge is 2.12. The van der Waals surface area contributed by atoms with Gasteiger partial charge in [-0.05, 0) is 25.1 Å². The molecule has 1 aromatic heterocycles. The number of nitrogens with zero attached hydrogens (tertiary/aromatic N) is 2. The van der Waals surface area contributed by atoms with Crippen LogP contribution in [0.2, 0.25) is 5.02 Å². The maximum atomic E-state index is 8.68. The molecule has 0 aliphatic carbocycles. The fourth-order valence-corrected chi connectivity index (χ4v) is 1.63. The summed E-state index contributed by atoms with van der Waals surface area (Å²) in [5.41, 5.74) is 1.39. The van der Waals surface area contributed by atoms with Gasteiger partial charge in [0.25, 0.3) is 0 Å². The minimum atomic E-state index is 0.209. The van der Waals surface area contributed by atoms with Crippen LogP contribution in [0.25, 0.3) is 0 Å². The molecule has 86 valence electrons. The molecule has 0 aliphatic heterocycles. The third kappa shape index (κ3) is 2.58. The molecule has 0 aliphatic rings. The highest BCUT2D eigenvalue weighted by Crippen LogP contribution is 2.28. The fraction of sp³-hybridized carbons (Fsp3) is 0.167. The number of nitriles is 1. The first kappa shape index (κ1) is 11.5. The van der Waals surface area contributed by atoms with E-state index in [1.165, 1.54) is 0 Å². The highest BCUT2D eigenvalue weighted by atomic mass is 35.5. The lowest BCUT2D eigenvalue weighted by Gasteiger charge is -2.05. The summed E-state index contributed by atoms with van der Waals surface area (Å²) in [6.45, 7) is 1.84. The lowest BCUT2D eigenvalue weighted by Crippen LogP contribution is -1.90. The van der Waals surface area contributed by atoms with Gasteiger partial charge >= 0.3 is 0 Å². The van der Waals surface area contributed by atoms with Crippen LogP contribution in [0.1, 0.15) is 11.4 Å². The molecule has 17 heavy (non-hydrogen) atoms. The summed E-state index contributed by atoms with van der Waals surface area (Å²) in [5, 5.41) is 16.1. The van der Waals surface area contributed by atoms with Gasteiger partial charge < -0.3 is 4.74 Å². The van der Waals surface area contributed by atoms with E-state index in [0.717, 1.165) is 5.69 Å². The molecule has 1 aromatic carbocycles. The molecular weight excluding hydrogens is 238 g/mol. The number of benzene rings is 1. The zero-order valence-electron chi connectivity index (χ0n) is 9.20. The highest BCUT2D eigenvalue weighted by molar-refractivity contribution is 6.30. The number of aromatic amines is 1. The lowest BCUT2D eigenvalue weighted by molar-refractivity contribution is 0.474. The Morgan fingerprint density at radius 3 is 3.06 bits per heavy atom. The molecule has 0 fully saturated rings. The maximum absolute atomic E-state index is 8.68. The standard InChI is InChI=1S/C12H10ClN3O/c1-8-12(11(5-6-14)16-15-8)17-10-4-2-3-9(13)7-10/h2-4,7H,5H2,1H3,(H,15,16). The molecule has 0 atom stereocenters. The van der Waals surface area contributed by atoms with Gasteiger partial charge in [-0.15, -0.1) is 0 Å². The van der Waals surface area contributed by atoms with E-state index in [2.05, 4.69) is 10.2 Å². The zero-order chi connectivity index (χ0) is 12.3. The van der Waals surface area contributed by atoms with Crippen molar-refractivity contribution < 1.29 is 4.74 Å². The van der Waals surface area contributed by atoms with Gasteiger partial charge in [-0.25, -0.2) is 0 Å². The lowest BCUT2D eigenvalue weighted by atomic mass is 10.2. The van der Waals surface area contributed by atoms with Crippen LogP contribution in [0.3, 0.4) is 0 Å². The number of halogens is 1. The Labute approximate surface area is 104 Å². The zero-order valence-corrected chi connectivity index (χ0v) is 9.95. The van der Waals surface area contributed by atoms with E-state index in [1.54, 1.807) is 24.3 Å². The minimum Gasteiger partial charge on any atom is -0.453 e. The molecule has 4 nitrogen and oxygen atoms in total. The van der Waals surface area contributed by atoms with Crippen molar-refractivity contribution in [3.05, 3.63) is 40.7 Å². The number of nitrogens with one attached hydrogen (secondary N) is 1. The Kier molecular flexibility index (Phi) is 3.31. The predicted octanol–water partition coefficient (Wildman–Crippen LogP) is 3.23. The summed E-state index contributed by atoms with van der Waals surface area (Å²) in [5.74, 6) is 1.22. The summed E-state index contributed by atoms with van der Waals surface area (Å²) in [7, 11) is 0. The third-order valence-corrected chi connectivity index (χ3v) is 2.46. The average Bonchev–Trinajstić information content (AvgIpc) is 2.62. The molecule has 0 amide bonds. The van der Waals surface area contributed by atoms with E-state index in [4.69, 9.17) is 21.6 Å². The van der Waals surface area contributed by atoms with Crippen LogP contribution in [0, 0.1) is 18.3 Å². The molecule has 0 saturated heterocycles. The van der Waals surface area contributed by atoms with Crippen molar-refractivity contribution in [1.82, 2.24) is 10.2 Å². The number of aromatic nitrogens is 2. The number of hydrogen-bond donors (Lipinski definition) is 1. The quantitative estimate of drug-likeness (QED) is 0.906. The van der Waals surface area contributed by atoms with Gasteiger partial charge in [0.1, 0.15) is 11.4 Å². The van der Waals surface area contributed by atoms with Gasteiger partial charge in [0.2, 0.25) is 0 Å². The number of ether oxygens (including phenoxy) is 1. The summed E-state index contributed by atoms with van der Waals surface area (Å²) in [4.78, 5) is 0. The fourth-order valence-electron chi connectivity index (χ4n) is 1.45. The molecule has 0 bridgehead atoms. The van der Waals surface area contributed by atoms with Crippen LogP contribution in [-0.2, 0) is 6.42 Å². The van der Waals surface area contributed by atoms with Crippen molar-refractivity contribution in [2.45, 2.75) is 13.3 Å². The van der Waals surface area contributed by atoms with Crippen molar-refractivity contribution >= 4 is 11.6 Å². The molecule has 2 rings (SSSR count). The van der Waals surface area contributed by atoms with Gasteiger partial charge in [0.05, 0.1) is 18.2 Å². The van der Waals surface area contributed by atoms with Crippen molar-refractivity contribution in [1.29, 1.82) is 5.26 Å². The van der Waals surface area contributed by atoms with Crippen LogP contribution < -0.4 is 4.74 Å². The summed E-state index contributed by atoms with van der Waals surface area (Å²) >= 11 is 5.87. The van der Waals surface area contributed by atoms with Crippen molar-refractivity contribution in [3.63, 3.8) is 0 Å². The van der Waals surface area contributed by atoms with E-state index in [-0.39, 0.29) is 6.42 Å². The number of rotatable bonds is 3. The molecule has 0 saturated carbocycles. The Hall–Kier alpha value is -1.99. The first-order chi connectivity index (χ1) is 8.20. The van der Waals surface area contributed by atoms with E-state index < -0.39 is 0 Å². The normalized spacial score (nSPS) is 9.94. The number of hydrogen-bond acceptors (Lipinski definition) is 3. The van der Waals surface area contributed by atoms with Gasteiger partial charge in [0, 0.05) is 5.02 Å². The molecule has 0 radical (unpaired) electrons. The molecule has 5 heteroatoms. The largest absolute Gasteiger partial charge is 0.453 e. The SMILES string of the molecule is Cc1[nH]nc(CC#N)c1Oc1cccc(Cl)c1. The second-order valence-corrected chi connectivity index (χ2v) is 3.96. The van der Waals surface area contributed by atoms with E-state index in [9.17, 15) is 0 Å². The van der Waals surface area contributed by atoms with Crippen molar-refractivity contribution in [2.75, 3.05) is 0 Å². The summed E-state index contributed by atoms with van der Waals surface area (Å²) < 4.78 is 5.68. The molecule has 1 heterocycles. The smallest absolute Gasteiger partial charge is 0.172 e. The number of aryl methyl sites for hydroxylation is 1. The third-order valence-electron chi connectivity index (χ3n) is 2.22. The van der Waals surface area contributed by atoms with Crippen LogP contribution >= 0.6 is 11.6 Å². The number of H-pyrrole nitrogens is 1. The van der Waals surface area contributed by atoms with Crippen LogP contribution in [0.5, 0.6) is 11.5 Å². The first-order valence-electron chi connectivity index (χ1n) is 5.05. The Balaban J connectivity index is 2.29. The second-order valence-electron chi connectivity index (χ2n) is 3.52. The minimum absolute atomic E-state index is 0.209. The Morgan fingerprint density at radius 2 is 2.35 bits per heavy atom. The second kappa shape index (κ2) is 4.89.